The van der Waals surface area contributed by atoms with Gasteiger partial charge in [-0.25, -0.2) is 0 Å². The largest absolute Gasteiger partial charge is 0.502 e. The third-order valence-electron chi connectivity index (χ3n) is 1.40. The monoisotopic (exact) mass is 158 g/mol. The summed E-state index contributed by atoms with van der Waals surface area (Å²) in [5, 5.41) is 8.46. The van der Waals surface area contributed by atoms with E-state index in [4.69, 9.17) is 9.84 Å². The van der Waals surface area contributed by atoms with Crippen molar-refractivity contribution in [1.29, 1.82) is 0 Å². The summed E-state index contributed by atoms with van der Waals surface area (Å²) in [6.45, 7) is 3.05. The van der Waals surface area contributed by atoms with Crippen LogP contribution in [0, 0.1) is 0 Å². The molecule has 0 atom stereocenters. The van der Waals surface area contributed by atoms with E-state index in [9.17, 15) is 0 Å². The number of ether oxygens (including phenoxy) is 1. The summed E-state index contributed by atoms with van der Waals surface area (Å²) in [6, 6.07) is 0. The van der Waals surface area contributed by atoms with E-state index in [-0.39, 0.29) is 0 Å². The molecule has 0 fully saturated rings. The lowest BCUT2D eigenvalue weighted by atomic mass is 10.2. The molecule has 2 nitrogen and oxygen atoms in total. The van der Waals surface area contributed by atoms with Crippen LogP contribution in [-0.4, -0.2) is 18.3 Å². The SMILES string of the molecule is C/C=C\OCCCCCCO. The van der Waals surface area contributed by atoms with Crippen molar-refractivity contribution in [2.75, 3.05) is 13.2 Å². The van der Waals surface area contributed by atoms with E-state index in [0.29, 0.717) is 6.61 Å². The maximum Gasteiger partial charge on any atom is 0.0873 e. The molecule has 2 heteroatoms. The van der Waals surface area contributed by atoms with Crippen molar-refractivity contribution >= 4 is 0 Å². The Morgan fingerprint density at radius 2 is 1.91 bits per heavy atom. The van der Waals surface area contributed by atoms with E-state index in [2.05, 4.69) is 0 Å². The fourth-order valence-corrected chi connectivity index (χ4v) is 0.815. The molecule has 0 heterocycles. The predicted molar refractivity (Wildman–Crippen MR) is 46.3 cm³/mol. The smallest absolute Gasteiger partial charge is 0.0873 e. The Kier molecular flexibility index (Phi) is 9.07. The Hall–Kier alpha value is -0.500. The number of hydrogen-bond acceptors (Lipinski definition) is 2. The van der Waals surface area contributed by atoms with Gasteiger partial charge in [-0.3, -0.25) is 0 Å². The first-order valence-electron chi connectivity index (χ1n) is 4.25. The average molecular weight is 158 g/mol. The molecule has 0 spiro atoms. The third kappa shape index (κ3) is 9.50. The molecule has 0 rings (SSSR count). The quantitative estimate of drug-likeness (QED) is 0.454. The molecular formula is C9H18O2. The van der Waals surface area contributed by atoms with Crippen LogP contribution < -0.4 is 0 Å². The van der Waals surface area contributed by atoms with E-state index < -0.39 is 0 Å². The van der Waals surface area contributed by atoms with Gasteiger partial charge in [-0.15, -0.1) is 0 Å². The Morgan fingerprint density at radius 3 is 2.55 bits per heavy atom. The second-order valence-corrected chi connectivity index (χ2v) is 2.48. The first-order chi connectivity index (χ1) is 5.41. The van der Waals surface area contributed by atoms with Gasteiger partial charge in [0, 0.05) is 6.61 Å². The predicted octanol–water partition coefficient (Wildman–Crippen LogP) is 2.09. The number of unbranched alkanes of at least 4 members (excludes halogenated alkanes) is 3. The minimum absolute atomic E-state index is 0.315. The van der Waals surface area contributed by atoms with Gasteiger partial charge in [-0.2, -0.15) is 0 Å². The fourth-order valence-electron chi connectivity index (χ4n) is 0.815. The van der Waals surface area contributed by atoms with Crippen LogP contribution in [0.15, 0.2) is 12.3 Å². The van der Waals surface area contributed by atoms with Gasteiger partial charge in [-0.05, 0) is 26.2 Å². The summed E-state index contributed by atoms with van der Waals surface area (Å²) in [4.78, 5) is 0. The van der Waals surface area contributed by atoms with Gasteiger partial charge >= 0.3 is 0 Å². The van der Waals surface area contributed by atoms with Crippen LogP contribution in [0.2, 0.25) is 0 Å². The highest BCUT2D eigenvalue weighted by atomic mass is 16.5. The van der Waals surface area contributed by atoms with Crippen molar-refractivity contribution in [3.05, 3.63) is 12.3 Å². The van der Waals surface area contributed by atoms with Gasteiger partial charge in [-0.1, -0.05) is 12.5 Å². The minimum Gasteiger partial charge on any atom is -0.502 e. The zero-order valence-corrected chi connectivity index (χ0v) is 7.25. The highest BCUT2D eigenvalue weighted by Crippen LogP contribution is 1.98. The minimum atomic E-state index is 0.315. The number of aliphatic hydroxyl groups is 1. The summed E-state index contributed by atoms with van der Waals surface area (Å²) < 4.78 is 5.12. The molecule has 0 unspecified atom stereocenters. The van der Waals surface area contributed by atoms with Crippen LogP contribution in [0.3, 0.4) is 0 Å². The lowest BCUT2D eigenvalue weighted by Gasteiger charge is -1.99. The van der Waals surface area contributed by atoms with Crippen molar-refractivity contribution < 1.29 is 9.84 Å². The van der Waals surface area contributed by atoms with Crippen LogP contribution in [0.4, 0.5) is 0 Å². The second-order valence-electron chi connectivity index (χ2n) is 2.48. The maximum atomic E-state index is 8.46. The molecule has 0 saturated carbocycles. The van der Waals surface area contributed by atoms with Gasteiger partial charge in [0.1, 0.15) is 0 Å². The van der Waals surface area contributed by atoms with Gasteiger partial charge < -0.3 is 9.84 Å². The van der Waals surface area contributed by atoms with Gasteiger partial charge in [0.25, 0.3) is 0 Å². The molecule has 66 valence electrons. The average Bonchev–Trinajstić information content (AvgIpc) is 2.03. The van der Waals surface area contributed by atoms with Crippen molar-refractivity contribution in [3.8, 4) is 0 Å². The molecule has 1 N–H and O–H groups in total. The van der Waals surface area contributed by atoms with E-state index in [1.807, 2.05) is 13.0 Å². The second kappa shape index (κ2) is 9.50. The first kappa shape index (κ1) is 10.5. The molecule has 0 saturated heterocycles. The lowest BCUT2D eigenvalue weighted by Crippen LogP contribution is -1.89. The molecule has 0 aromatic heterocycles. The molecule has 0 aromatic carbocycles. The van der Waals surface area contributed by atoms with Crippen molar-refractivity contribution in [3.63, 3.8) is 0 Å². The van der Waals surface area contributed by atoms with Gasteiger partial charge in [0.2, 0.25) is 0 Å². The highest BCUT2D eigenvalue weighted by molar-refractivity contribution is 4.64. The summed E-state index contributed by atoms with van der Waals surface area (Å²) in [7, 11) is 0. The molecule has 0 aliphatic heterocycles. The molecule has 0 bridgehead atoms. The molecule has 0 amide bonds. The molecule has 0 aliphatic carbocycles. The normalized spacial score (nSPS) is 10.7. The number of allylic oxidation sites excluding steroid dienone is 1. The zero-order chi connectivity index (χ0) is 8.36. The van der Waals surface area contributed by atoms with Gasteiger partial charge in [0.15, 0.2) is 0 Å². The molecule has 11 heavy (non-hydrogen) atoms. The van der Waals surface area contributed by atoms with Crippen LogP contribution in [0.5, 0.6) is 0 Å². The van der Waals surface area contributed by atoms with Crippen molar-refractivity contribution in [1.82, 2.24) is 0 Å². The third-order valence-corrected chi connectivity index (χ3v) is 1.40. The first-order valence-corrected chi connectivity index (χ1v) is 4.25. The zero-order valence-electron chi connectivity index (χ0n) is 7.25. The number of rotatable bonds is 7. The fraction of sp³-hybridized carbons (Fsp3) is 0.778. The van der Waals surface area contributed by atoms with E-state index in [1.165, 1.54) is 0 Å². The van der Waals surface area contributed by atoms with Crippen LogP contribution >= 0.6 is 0 Å². The Morgan fingerprint density at radius 1 is 1.18 bits per heavy atom. The highest BCUT2D eigenvalue weighted by Gasteiger charge is 1.87. The summed E-state index contributed by atoms with van der Waals surface area (Å²) in [6.07, 6.45) is 7.86. The molecule has 0 aliphatic rings. The molecule has 0 aromatic rings. The summed E-state index contributed by atoms with van der Waals surface area (Å²) >= 11 is 0. The van der Waals surface area contributed by atoms with E-state index in [0.717, 1.165) is 32.3 Å². The van der Waals surface area contributed by atoms with Crippen molar-refractivity contribution in [2.24, 2.45) is 0 Å². The van der Waals surface area contributed by atoms with E-state index in [1.54, 1.807) is 6.26 Å². The van der Waals surface area contributed by atoms with Crippen LogP contribution in [0.25, 0.3) is 0 Å². The standard InChI is InChI=1S/C9H18O2/c1-2-8-11-9-6-4-3-5-7-10/h2,8,10H,3-7,9H2,1H3/b8-2-. The van der Waals surface area contributed by atoms with Crippen molar-refractivity contribution in [2.45, 2.75) is 32.6 Å². The lowest BCUT2D eigenvalue weighted by molar-refractivity contribution is 0.235. The molecule has 0 radical (unpaired) electrons. The number of aliphatic hydroxyl groups excluding tert-OH is 1. The Labute approximate surface area is 68.9 Å². The number of hydrogen-bond donors (Lipinski definition) is 1. The van der Waals surface area contributed by atoms with Crippen LogP contribution in [-0.2, 0) is 4.74 Å². The summed E-state index contributed by atoms with van der Waals surface area (Å²) in [5.41, 5.74) is 0. The topological polar surface area (TPSA) is 29.5 Å². The molecular weight excluding hydrogens is 140 g/mol. The maximum absolute atomic E-state index is 8.46. The van der Waals surface area contributed by atoms with Crippen LogP contribution in [0.1, 0.15) is 32.6 Å². The van der Waals surface area contributed by atoms with Gasteiger partial charge in [0.05, 0.1) is 12.9 Å². The Balaban J connectivity index is 2.79. The Bertz CT molecular complexity index is 89.6. The van der Waals surface area contributed by atoms with E-state index >= 15 is 0 Å². The summed E-state index contributed by atoms with van der Waals surface area (Å²) in [5.74, 6) is 0.